The van der Waals surface area contributed by atoms with E-state index >= 15 is 0 Å². The van der Waals surface area contributed by atoms with Gasteiger partial charge in [-0.05, 0) is 24.3 Å². The molecule has 2 aromatic carbocycles. The van der Waals surface area contributed by atoms with Crippen molar-refractivity contribution < 1.29 is 4.58 Å². The molecule has 0 spiro atoms. The molecule has 2 rings (SSSR count). The maximum absolute atomic E-state index is 2.25. The minimum absolute atomic E-state index is 1.11. The molecule has 0 radical (unpaired) electrons. The lowest BCUT2D eigenvalue weighted by Crippen LogP contribution is -2.43. The number of hydrogen-bond acceptors (Lipinski definition) is 0. The number of para-hydroxylation sites is 2. The first-order valence-electron chi connectivity index (χ1n) is 6.73. The van der Waals surface area contributed by atoms with Crippen molar-refractivity contribution in [1.29, 1.82) is 0 Å². The zero-order valence-corrected chi connectivity index (χ0v) is 12.6. The molecule has 0 aromatic heterocycles. The normalized spacial score (nSPS) is 10.0. The average Bonchev–Trinajstić information content (AvgIpc) is 2.45. The highest BCUT2D eigenvalue weighted by Gasteiger charge is 2.26. The first-order chi connectivity index (χ1) is 9.61. The van der Waals surface area contributed by atoms with Gasteiger partial charge in [-0.1, -0.05) is 36.4 Å². The number of hydrogen-bond donors (Lipinski definition) is 0. The monoisotopic (exact) mass is 268 g/mol. The second kappa shape index (κ2) is 6.24. The highest BCUT2D eigenvalue weighted by atomic mass is 15.4. The first-order valence-corrected chi connectivity index (χ1v) is 6.73. The van der Waals surface area contributed by atoms with Crippen molar-refractivity contribution in [2.45, 2.75) is 0 Å². The third-order valence-corrected chi connectivity index (χ3v) is 3.03. The Hall–Kier alpha value is -2.29. The molecule has 3 nitrogen and oxygen atoms in total. The predicted molar refractivity (Wildman–Crippen MR) is 85.8 cm³/mol. The molecule has 0 saturated carbocycles. The lowest BCUT2D eigenvalue weighted by Gasteiger charge is -2.24. The van der Waals surface area contributed by atoms with Gasteiger partial charge in [0, 0.05) is 0 Å². The number of benzene rings is 2. The smallest absolute Gasteiger partial charge is 0.270 e. The Kier molecular flexibility index (Phi) is 4.41. The summed E-state index contributed by atoms with van der Waals surface area (Å²) in [4.78, 5) is 4.38. The fourth-order valence-corrected chi connectivity index (χ4v) is 2.33. The largest absolute Gasteiger partial charge is 0.359 e. The van der Waals surface area contributed by atoms with Gasteiger partial charge < -0.3 is 0 Å². The van der Waals surface area contributed by atoms with E-state index in [-0.39, 0.29) is 0 Å². The van der Waals surface area contributed by atoms with E-state index in [1.165, 1.54) is 0 Å². The number of anilines is 2. The molecule has 2 aromatic rings. The van der Waals surface area contributed by atoms with Crippen LogP contribution < -0.4 is 4.90 Å². The van der Waals surface area contributed by atoms with Gasteiger partial charge in [0.1, 0.15) is 11.4 Å². The molecule has 0 bridgehead atoms. The molecule has 3 heteroatoms. The van der Waals surface area contributed by atoms with E-state index < -0.39 is 0 Å². The first kappa shape index (κ1) is 14.1. The van der Waals surface area contributed by atoms with Crippen LogP contribution in [0.1, 0.15) is 0 Å². The summed E-state index contributed by atoms with van der Waals surface area (Å²) in [6.07, 6.45) is 0. The second-order valence-electron chi connectivity index (χ2n) is 5.10. The summed E-state index contributed by atoms with van der Waals surface area (Å²) in [5.74, 6) is 1.11. The summed E-state index contributed by atoms with van der Waals surface area (Å²) in [6.45, 7) is 0. The van der Waals surface area contributed by atoms with Gasteiger partial charge >= 0.3 is 5.96 Å². The van der Waals surface area contributed by atoms with Crippen LogP contribution >= 0.6 is 0 Å². The molecule has 0 aliphatic rings. The number of rotatable bonds is 2. The van der Waals surface area contributed by atoms with Crippen LogP contribution in [-0.2, 0) is 0 Å². The summed E-state index contributed by atoms with van der Waals surface area (Å²) >= 11 is 0. The van der Waals surface area contributed by atoms with Gasteiger partial charge in [-0.25, -0.2) is 0 Å². The Morgan fingerprint density at radius 3 is 1.45 bits per heavy atom. The quantitative estimate of drug-likeness (QED) is 0.470. The lowest BCUT2D eigenvalue weighted by molar-refractivity contribution is -0.470. The van der Waals surface area contributed by atoms with Crippen LogP contribution in [0.5, 0.6) is 0 Å². The van der Waals surface area contributed by atoms with E-state index in [0.29, 0.717) is 0 Å². The molecule has 0 aliphatic heterocycles. The van der Waals surface area contributed by atoms with Crippen molar-refractivity contribution in [3.8, 4) is 0 Å². The van der Waals surface area contributed by atoms with Crippen LogP contribution in [-0.4, -0.2) is 43.6 Å². The van der Waals surface area contributed by atoms with Gasteiger partial charge in [0.15, 0.2) is 0 Å². The summed E-state index contributed by atoms with van der Waals surface area (Å²) in [7, 11) is 8.25. The molecular formula is C17H22N3+. The molecule has 0 N–H and O–H groups in total. The molecule has 0 fully saturated rings. The van der Waals surface area contributed by atoms with Crippen LogP contribution in [0.3, 0.4) is 0 Å². The van der Waals surface area contributed by atoms with Crippen LogP contribution in [0, 0.1) is 0 Å². The molecule has 0 saturated heterocycles. The van der Waals surface area contributed by atoms with E-state index in [9.17, 15) is 0 Å². The number of guanidine groups is 1. The van der Waals surface area contributed by atoms with Crippen LogP contribution in [0.25, 0.3) is 0 Å². The standard InChI is InChI=1S/C17H22N3/c1-18(2)17(19(3)4)20(15-11-7-5-8-12-15)16-13-9-6-10-14-16/h5-14H,1-4H3/q+1. The predicted octanol–water partition coefficient (Wildman–Crippen LogP) is 3.01. The average molecular weight is 268 g/mol. The molecule has 0 atom stereocenters. The Morgan fingerprint density at radius 1 is 0.750 bits per heavy atom. The fraction of sp³-hybridized carbons (Fsp3) is 0.235. The molecule has 0 heterocycles. The third kappa shape index (κ3) is 2.99. The Balaban J connectivity index is 2.59. The minimum atomic E-state index is 1.11. The summed E-state index contributed by atoms with van der Waals surface area (Å²) < 4.78 is 2.12. The summed E-state index contributed by atoms with van der Waals surface area (Å²) in [5.41, 5.74) is 2.30. The fourth-order valence-electron chi connectivity index (χ4n) is 2.33. The highest BCUT2D eigenvalue weighted by Crippen LogP contribution is 2.25. The van der Waals surface area contributed by atoms with E-state index in [0.717, 1.165) is 17.3 Å². The van der Waals surface area contributed by atoms with Crippen molar-refractivity contribution in [1.82, 2.24) is 4.90 Å². The Bertz CT molecular complexity index is 530. The van der Waals surface area contributed by atoms with E-state index in [4.69, 9.17) is 0 Å². The molecule has 0 amide bonds. The molecule has 20 heavy (non-hydrogen) atoms. The SMILES string of the molecule is CN(C)C(N(c1ccccc1)c1ccccc1)=[N+](C)C. The lowest BCUT2D eigenvalue weighted by atomic mass is 10.2. The topological polar surface area (TPSA) is 9.49 Å². The second-order valence-corrected chi connectivity index (χ2v) is 5.10. The van der Waals surface area contributed by atoms with Crippen LogP contribution in [0.15, 0.2) is 60.7 Å². The molecule has 0 unspecified atom stereocenters. The van der Waals surface area contributed by atoms with Crippen molar-refractivity contribution in [3.63, 3.8) is 0 Å². The van der Waals surface area contributed by atoms with Crippen LogP contribution in [0.2, 0.25) is 0 Å². The van der Waals surface area contributed by atoms with Crippen molar-refractivity contribution in [2.24, 2.45) is 0 Å². The highest BCUT2D eigenvalue weighted by molar-refractivity contribution is 5.99. The zero-order chi connectivity index (χ0) is 14.5. The van der Waals surface area contributed by atoms with Crippen molar-refractivity contribution in [2.75, 3.05) is 33.1 Å². The van der Waals surface area contributed by atoms with Gasteiger partial charge in [-0.2, -0.15) is 4.90 Å². The van der Waals surface area contributed by atoms with E-state index in [1.54, 1.807) is 0 Å². The van der Waals surface area contributed by atoms with E-state index in [1.807, 2.05) is 12.1 Å². The van der Waals surface area contributed by atoms with E-state index in [2.05, 4.69) is 91.1 Å². The maximum atomic E-state index is 2.25. The number of nitrogens with zero attached hydrogens (tertiary/aromatic N) is 3. The van der Waals surface area contributed by atoms with Gasteiger partial charge in [-0.3, -0.25) is 9.48 Å². The molecule has 0 aliphatic carbocycles. The summed E-state index contributed by atoms with van der Waals surface area (Å²) in [6, 6.07) is 20.8. The minimum Gasteiger partial charge on any atom is -0.270 e. The van der Waals surface area contributed by atoms with Crippen LogP contribution in [0.4, 0.5) is 11.4 Å². The molecular weight excluding hydrogens is 246 g/mol. The van der Waals surface area contributed by atoms with Crippen molar-refractivity contribution in [3.05, 3.63) is 60.7 Å². The van der Waals surface area contributed by atoms with Crippen molar-refractivity contribution >= 4 is 17.3 Å². The maximum Gasteiger partial charge on any atom is 0.359 e. The van der Waals surface area contributed by atoms with Gasteiger partial charge in [0.25, 0.3) is 0 Å². The Labute approximate surface area is 121 Å². The third-order valence-electron chi connectivity index (χ3n) is 3.03. The Morgan fingerprint density at radius 2 is 1.15 bits per heavy atom. The van der Waals surface area contributed by atoms with Gasteiger partial charge in [0.05, 0.1) is 28.2 Å². The zero-order valence-electron chi connectivity index (χ0n) is 12.6. The van der Waals surface area contributed by atoms with Gasteiger partial charge in [0.2, 0.25) is 0 Å². The molecule has 104 valence electrons. The summed E-state index contributed by atoms with van der Waals surface area (Å²) in [5, 5.41) is 0. The van der Waals surface area contributed by atoms with Gasteiger partial charge in [-0.15, -0.1) is 0 Å².